The van der Waals surface area contributed by atoms with Gasteiger partial charge in [0, 0.05) is 11.1 Å². The molecule has 0 saturated carbocycles. The zero-order valence-electron chi connectivity index (χ0n) is 11.9. The Kier molecular flexibility index (Phi) is 6.67. The average Bonchev–Trinajstić information content (AvgIpc) is 2.30. The number of carbonyl (C=O) groups excluding carboxylic acids is 1. The molecule has 108 valence electrons. The molecule has 0 aromatic carbocycles. The summed E-state index contributed by atoms with van der Waals surface area (Å²) in [6, 6.07) is -0.687. The van der Waals surface area contributed by atoms with E-state index < -0.39 is 6.03 Å². The predicted octanol–water partition coefficient (Wildman–Crippen LogP) is 1.11. The van der Waals surface area contributed by atoms with E-state index in [1.165, 1.54) is 6.21 Å². The van der Waals surface area contributed by atoms with Gasteiger partial charge in [-0.1, -0.05) is 20.8 Å². The second-order valence-electron chi connectivity index (χ2n) is 4.97. The van der Waals surface area contributed by atoms with E-state index in [4.69, 9.17) is 11.6 Å². The molecule has 0 aliphatic rings. The highest BCUT2D eigenvalue weighted by Crippen LogP contribution is 2.31. The quantitative estimate of drug-likeness (QED) is 0.278. The van der Waals surface area contributed by atoms with Crippen molar-refractivity contribution in [2.24, 2.45) is 33.1 Å². The number of hydrogen-bond acceptors (Lipinski definition) is 3. The number of nitroso groups, excluding NO2 is 1. The fraction of sp³-hybridized carbons (Fsp3) is 0.727. The first-order valence-corrected chi connectivity index (χ1v) is 6.02. The molecule has 0 radical (unpaired) electrons. The van der Waals surface area contributed by atoms with E-state index in [0.29, 0.717) is 6.42 Å². The van der Waals surface area contributed by atoms with Crippen molar-refractivity contribution in [3.8, 4) is 0 Å². The van der Waals surface area contributed by atoms with Gasteiger partial charge in [-0.3, -0.25) is 0 Å². The maximum absolute atomic E-state index is 10.6. The number of hydrazine groups is 1. The standard InChI is InChI=1S/C11H22N6O2/c1-8(6-5-7-14-17(13)19)11(3,4)9(2)15-16-10(12)18/h7-8H,5-6H2,1-4H3,(H4-,12,13,16,18,19)/p+1/b14-7-,15-9+. The minimum atomic E-state index is -0.687. The third-order valence-electron chi connectivity index (χ3n) is 3.42. The van der Waals surface area contributed by atoms with Gasteiger partial charge in [-0.2, -0.15) is 5.10 Å². The first-order valence-electron chi connectivity index (χ1n) is 6.02. The van der Waals surface area contributed by atoms with Crippen LogP contribution in [0.5, 0.6) is 0 Å². The molecule has 1 atom stereocenters. The third-order valence-corrected chi connectivity index (χ3v) is 3.42. The van der Waals surface area contributed by atoms with Crippen LogP contribution in [0.25, 0.3) is 0 Å². The van der Waals surface area contributed by atoms with Crippen LogP contribution in [0, 0.1) is 16.2 Å². The molecule has 2 amide bonds. The van der Waals surface area contributed by atoms with Crippen LogP contribution >= 0.6 is 0 Å². The highest BCUT2D eigenvalue weighted by Gasteiger charge is 2.28. The number of hydrogen-bond donors (Lipinski definition) is 3. The van der Waals surface area contributed by atoms with E-state index in [9.17, 15) is 9.70 Å². The van der Waals surface area contributed by atoms with Crippen LogP contribution < -0.4 is 17.0 Å². The Morgan fingerprint density at radius 1 is 1.53 bits per heavy atom. The molecule has 0 aromatic rings. The van der Waals surface area contributed by atoms with E-state index in [1.54, 1.807) is 0 Å². The molecule has 0 spiro atoms. The van der Waals surface area contributed by atoms with E-state index >= 15 is 0 Å². The number of urea groups is 1. The van der Waals surface area contributed by atoms with Crippen LogP contribution in [0.15, 0.2) is 10.2 Å². The topological polar surface area (TPSA) is 126 Å². The van der Waals surface area contributed by atoms with E-state index in [0.717, 1.165) is 12.1 Å². The summed E-state index contributed by atoms with van der Waals surface area (Å²) in [4.78, 5) is 21.0. The molecule has 8 heteroatoms. The van der Waals surface area contributed by atoms with Crippen molar-refractivity contribution in [2.75, 3.05) is 0 Å². The monoisotopic (exact) mass is 271 g/mol. The Labute approximate surface area is 112 Å². The predicted molar refractivity (Wildman–Crippen MR) is 74.3 cm³/mol. The van der Waals surface area contributed by atoms with Crippen LogP contribution in [0.1, 0.15) is 40.5 Å². The van der Waals surface area contributed by atoms with Gasteiger partial charge in [0.2, 0.25) is 0 Å². The first kappa shape index (κ1) is 17.0. The van der Waals surface area contributed by atoms with Gasteiger partial charge >= 0.3 is 6.03 Å². The summed E-state index contributed by atoms with van der Waals surface area (Å²) in [5.41, 5.74) is 7.76. The molecule has 19 heavy (non-hydrogen) atoms. The number of amides is 2. The number of carbonyl (C=O) groups is 1. The summed E-state index contributed by atoms with van der Waals surface area (Å²) < 4.78 is 0. The van der Waals surface area contributed by atoms with Gasteiger partial charge in [0.1, 0.15) is 0 Å². The molecule has 0 aliphatic heterocycles. The normalized spacial score (nSPS) is 14.4. The van der Waals surface area contributed by atoms with Gasteiger partial charge in [0.15, 0.2) is 0 Å². The summed E-state index contributed by atoms with van der Waals surface area (Å²) in [6.45, 7) is 7.95. The Hall–Kier alpha value is -1.99. The van der Waals surface area contributed by atoms with Crippen LogP contribution in [0.4, 0.5) is 4.79 Å². The number of nitrogens with two attached hydrogens (primary N) is 2. The Morgan fingerprint density at radius 3 is 2.58 bits per heavy atom. The van der Waals surface area contributed by atoms with Gasteiger partial charge in [0.25, 0.3) is 4.98 Å². The number of hydrazone groups is 2. The molecular formula is C11H23N6O2+. The van der Waals surface area contributed by atoms with Crippen LogP contribution in [-0.2, 0) is 0 Å². The largest absolute Gasteiger partial charge is 0.350 e. The van der Waals surface area contributed by atoms with Crippen molar-refractivity contribution >= 4 is 18.0 Å². The van der Waals surface area contributed by atoms with Crippen molar-refractivity contribution in [2.45, 2.75) is 40.5 Å². The molecule has 5 N–H and O–H groups in total. The van der Waals surface area contributed by atoms with Gasteiger partial charge in [-0.25, -0.2) is 10.2 Å². The fourth-order valence-corrected chi connectivity index (χ4v) is 1.46. The lowest BCUT2D eigenvalue weighted by Gasteiger charge is -2.31. The van der Waals surface area contributed by atoms with Gasteiger partial charge in [0.05, 0.1) is 16.2 Å². The first-order chi connectivity index (χ1) is 8.67. The second kappa shape index (κ2) is 7.45. The molecular weight excluding hydrogens is 248 g/mol. The highest BCUT2D eigenvalue weighted by molar-refractivity contribution is 5.88. The SMILES string of the molecule is C/C(=N\NC(N)=O)C(C)(C)C(C)CC/C=N\[N+](N)=O. The van der Waals surface area contributed by atoms with Crippen molar-refractivity contribution in [1.29, 1.82) is 0 Å². The number of rotatable bonds is 7. The van der Waals surface area contributed by atoms with E-state index in [-0.39, 0.29) is 16.3 Å². The number of nitrogens with one attached hydrogen (secondary N) is 1. The maximum atomic E-state index is 10.6. The summed E-state index contributed by atoms with van der Waals surface area (Å²) in [7, 11) is 0. The summed E-state index contributed by atoms with van der Waals surface area (Å²) in [5.74, 6) is 5.09. The second-order valence-corrected chi connectivity index (χ2v) is 4.97. The van der Waals surface area contributed by atoms with Crippen LogP contribution in [0.2, 0.25) is 0 Å². The minimum absolute atomic E-state index is 0.0271. The van der Waals surface area contributed by atoms with Crippen molar-refractivity contribution in [1.82, 2.24) is 5.43 Å². The fourth-order valence-electron chi connectivity index (χ4n) is 1.46. The van der Waals surface area contributed by atoms with Crippen LogP contribution in [0.3, 0.4) is 0 Å². The highest BCUT2D eigenvalue weighted by atomic mass is 16.3. The third kappa shape index (κ3) is 6.49. The maximum Gasteiger partial charge on any atom is 0.332 e. The summed E-state index contributed by atoms with van der Waals surface area (Å²) >= 11 is 0. The van der Waals surface area contributed by atoms with Gasteiger partial charge < -0.3 is 5.73 Å². The zero-order valence-corrected chi connectivity index (χ0v) is 11.9. The molecule has 0 bridgehead atoms. The smallest absolute Gasteiger partial charge is 0.332 e. The minimum Gasteiger partial charge on any atom is -0.350 e. The summed E-state index contributed by atoms with van der Waals surface area (Å²) in [6.07, 6.45) is 2.93. The Bertz CT molecular complexity index is 389. The van der Waals surface area contributed by atoms with Crippen LogP contribution in [-0.4, -0.2) is 22.9 Å². The zero-order chi connectivity index (χ0) is 15.1. The van der Waals surface area contributed by atoms with Gasteiger partial charge in [-0.05, 0) is 25.7 Å². The van der Waals surface area contributed by atoms with Crippen molar-refractivity contribution in [3.63, 3.8) is 0 Å². The molecule has 0 rings (SSSR count). The lowest BCUT2D eigenvalue weighted by Crippen LogP contribution is -2.33. The average molecular weight is 271 g/mol. The molecule has 0 heterocycles. The lowest BCUT2D eigenvalue weighted by molar-refractivity contribution is -0.565. The van der Waals surface area contributed by atoms with Crippen molar-refractivity contribution < 1.29 is 9.77 Å². The van der Waals surface area contributed by atoms with E-state index in [1.807, 2.05) is 20.8 Å². The molecule has 1 unspecified atom stereocenters. The number of primary amides is 1. The van der Waals surface area contributed by atoms with Gasteiger partial charge in [-0.15, -0.1) is 5.84 Å². The molecule has 8 nitrogen and oxygen atoms in total. The van der Waals surface area contributed by atoms with E-state index in [2.05, 4.69) is 22.6 Å². The lowest BCUT2D eigenvalue weighted by atomic mass is 9.74. The Balaban J connectivity index is 4.49. The summed E-state index contributed by atoms with van der Waals surface area (Å²) in [5, 5.41) is 7.36. The van der Waals surface area contributed by atoms with Crippen molar-refractivity contribution in [3.05, 3.63) is 4.91 Å². The Morgan fingerprint density at radius 2 is 2.11 bits per heavy atom. The molecule has 0 saturated heterocycles. The molecule has 0 aromatic heterocycles. The molecule has 0 fully saturated rings. The molecule has 0 aliphatic carbocycles. The number of nitrogens with zero attached hydrogens (tertiary/aromatic N) is 3.